The van der Waals surface area contributed by atoms with Crippen LogP contribution in [0.4, 0.5) is 0 Å². The second kappa shape index (κ2) is 4.24. The molecule has 1 rings (SSSR count). The Morgan fingerprint density at radius 2 is 2.00 bits per heavy atom. The molecule has 0 amide bonds. The molecule has 1 N–H and O–H groups in total. The molecule has 1 aromatic carbocycles. The molecule has 0 radical (unpaired) electrons. The van der Waals surface area contributed by atoms with E-state index in [1.54, 1.807) is 6.92 Å². The topological polar surface area (TPSA) is 46.5 Å². The summed E-state index contributed by atoms with van der Waals surface area (Å²) in [5.74, 6) is -0.941. The number of aliphatic carboxylic acids is 1. The van der Waals surface area contributed by atoms with Crippen LogP contribution in [0.3, 0.4) is 0 Å². The summed E-state index contributed by atoms with van der Waals surface area (Å²) in [6.07, 6.45) is 0.375. The molecule has 3 heteroatoms. The Balaban J connectivity index is 2.81. The molecule has 0 heterocycles. The molecule has 76 valence electrons. The van der Waals surface area contributed by atoms with Crippen LogP contribution in [0.15, 0.2) is 30.3 Å². The average molecular weight is 194 g/mol. The Labute approximate surface area is 83.3 Å². The molecular weight excluding hydrogens is 180 g/mol. The van der Waals surface area contributed by atoms with Crippen molar-refractivity contribution in [3.63, 3.8) is 0 Å². The standard InChI is InChI=1S/C11H14O3/c1-11(14-2,10(12)13)8-9-6-4-3-5-7-9/h3-7H,8H2,1-2H3,(H,12,13). The zero-order valence-corrected chi connectivity index (χ0v) is 8.36. The monoisotopic (exact) mass is 194 g/mol. The van der Waals surface area contributed by atoms with E-state index in [0.29, 0.717) is 6.42 Å². The maximum absolute atomic E-state index is 10.9. The van der Waals surface area contributed by atoms with Gasteiger partial charge in [0, 0.05) is 13.5 Å². The lowest BCUT2D eigenvalue weighted by Crippen LogP contribution is -2.39. The van der Waals surface area contributed by atoms with Crippen molar-refractivity contribution < 1.29 is 14.6 Å². The fourth-order valence-corrected chi connectivity index (χ4v) is 1.22. The normalized spacial score (nSPS) is 14.7. The molecule has 0 aliphatic rings. The minimum absolute atomic E-state index is 0.375. The molecule has 1 aromatic rings. The molecule has 0 aromatic heterocycles. The van der Waals surface area contributed by atoms with E-state index in [0.717, 1.165) is 5.56 Å². The van der Waals surface area contributed by atoms with E-state index < -0.39 is 11.6 Å². The van der Waals surface area contributed by atoms with E-state index >= 15 is 0 Å². The Morgan fingerprint density at radius 3 is 2.43 bits per heavy atom. The highest BCUT2D eigenvalue weighted by Crippen LogP contribution is 2.16. The predicted molar refractivity (Wildman–Crippen MR) is 53.2 cm³/mol. The Kier molecular flexibility index (Phi) is 3.25. The van der Waals surface area contributed by atoms with Crippen molar-refractivity contribution in [1.29, 1.82) is 0 Å². The maximum atomic E-state index is 10.9. The van der Waals surface area contributed by atoms with Gasteiger partial charge < -0.3 is 9.84 Å². The molecule has 0 aliphatic carbocycles. The summed E-state index contributed by atoms with van der Waals surface area (Å²) in [6.45, 7) is 1.57. The highest BCUT2D eigenvalue weighted by Gasteiger charge is 2.32. The van der Waals surface area contributed by atoms with Crippen LogP contribution in [0.2, 0.25) is 0 Å². The van der Waals surface area contributed by atoms with Crippen LogP contribution in [0, 0.1) is 0 Å². The van der Waals surface area contributed by atoms with Crippen LogP contribution in [0.1, 0.15) is 12.5 Å². The van der Waals surface area contributed by atoms with Crippen LogP contribution in [0.25, 0.3) is 0 Å². The molecule has 0 saturated carbocycles. The molecule has 1 unspecified atom stereocenters. The number of methoxy groups -OCH3 is 1. The Hall–Kier alpha value is -1.35. The number of carboxylic acids is 1. The predicted octanol–water partition coefficient (Wildman–Crippen LogP) is 1.72. The number of hydrogen-bond acceptors (Lipinski definition) is 2. The van der Waals surface area contributed by atoms with Gasteiger partial charge in [0.05, 0.1) is 0 Å². The van der Waals surface area contributed by atoms with Crippen LogP contribution in [-0.4, -0.2) is 23.8 Å². The van der Waals surface area contributed by atoms with Crippen molar-refractivity contribution in [2.24, 2.45) is 0 Å². The van der Waals surface area contributed by atoms with E-state index in [2.05, 4.69) is 0 Å². The van der Waals surface area contributed by atoms with Crippen LogP contribution in [-0.2, 0) is 16.0 Å². The number of rotatable bonds is 4. The average Bonchev–Trinajstić information content (AvgIpc) is 2.19. The van der Waals surface area contributed by atoms with Crippen LogP contribution >= 0.6 is 0 Å². The van der Waals surface area contributed by atoms with E-state index in [-0.39, 0.29) is 0 Å². The molecule has 0 saturated heterocycles. The van der Waals surface area contributed by atoms with Crippen molar-refractivity contribution in [3.8, 4) is 0 Å². The fourth-order valence-electron chi connectivity index (χ4n) is 1.22. The third-order valence-electron chi connectivity index (χ3n) is 2.29. The van der Waals surface area contributed by atoms with E-state index in [1.807, 2.05) is 30.3 Å². The van der Waals surface area contributed by atoms with Gasteiger partial charge in [-0.2, -0.15) is 0 Å². The van der Waals surface area contributed by atoms with E-state index in [1.165, 1.54) is 7.11 Å². The van der Waals surface area contributed by atoms with E-state index in [9.17, 15) is 4.79 Å². The zero-order valence-electron chi connectivity index (χ0n) is 8.36. The minimum atomic E-state index is -1.14. The summed E-state index contributed by atoms with van der Waals surface area (Å²) in [7, 11) is 1.41. The second-order valence-electron chi connectivity index (χ2n) is 3.40. The lowest BCUT2D eigenvalue weighted by Gasteiger charge is -2.22. The number of carboxylic acid groups (broad SMARTS) is 1. The third kappa shape index (κ3) is 2.33. The van der Waals surface area contributed by atoms with Gasteiger partial charge in [0.1, 0.15) is 0 Å². The summed E-state index contributed by atoms with van der Waals surface area (Å²) in [4.78, 5) is 10.9. The third-order valence-corrected chi connectivity index (χ3v) is 2.29. The minimum Gasteiger partial charge on any atom is -0.479 e. The van der Waals surface area contributed by atoms with Gasteiger partial charge in [-0.1, -0.05) is 30.3 Å². The van der Waals surface area contributed by atoms with Gasteiger partial charge in [0.25, 0.3) is 0 Å². The lowest BCUT2D eigenvalue weighted by atomic mass is 9.96. The Bertz CT molecular complexity index is 308. The fraction of sp³-hybridized carbons (Fsp3) is 0.364. The quantitative estimate of drug-likeness (QED) is 0.793. The van der Waals surface area contributed by atoms with Gasteiger partial charge in [-0.25, -0.2) is 4.79 Å². The van der Waals surface area contributed by atoms with Crippen LogP contribution in [0.5, 0.6) is 0 Å². The Morgan fingerprint density at radius 1 is 1.43 bits per heavy atom. The smallest absolute Gasteiger partial charge is 0.336 e. The van der Waals surface area contributed by atoms with Crippen molar-refractivity contribution in [2.45, 2.75) is 18.9 Å². The SMILES string of the molecule is COC(C)(Cc1ccccc1)C(=O)O. The van der Waals surface area contributed by atoms with Gasteiger partial charge in [-0.3, -0.25) is 0 Å². The molecular formula is C11H14O3. The highest BCUT2D eigenvalue weighted by molar-refractivity contribution is 5.77. The van der Waals surface area contributed by atoms with Crippen molar-refractivity contribution >= 4 is 5.97 Å². The zero-order chi connectivity index (χ0) is 10.6. The largest absolute Gasteiger partial charge is 0.479 e. The molecule has 0 fully saturated rings. The van der Waals surface area contributed by atoms with Crippen molar-refractivity contribution in [1.82, 2.24) is 0 Å². The highest BCUT2D eigenvalue weighted by atomic mass is 16.5. The maximum Gasteiger partial charge on any atom is 0.336 e. The molecule has 1 atom stereocenters. The summed E-state index contributed by atoms with van der Waals surface area (Å²) >= 11 is 0. The van der Waals surface area contributed by atoms with Gasteiger partial charge in [0.2, 0.25) is 0 Å². The lowest BCUT2D eigenvalue weighted by molar-refractivity contribution is -0.159. The first-order valence-corrected chi connectivity index (χ1v) is 4.41. The summed E-state index contributed by atoms with van der Waals surface area (Å²) in [5.41, 5.74) is -0.180. The molecule has 14 heavy (non-hydrogen) atoms. The van der Waals surface area contributed by atoms with Gasteiger partial charge in [0.15, 0.2) is 5.60 Å². The number of carbonyl (C=O) groups is 1. The van der Waals surface area contributed by atoms with Crippen molar-refractivity contribution in [3.05, 3.63) is 35.9 Å². The van der Waals surface area contributed by atoms with E-state index in [4.69, 9.17) is 9.84 Å². The molecule has 0 aliphatic heterocycles. The summed E-state index contributed by atoms with van der Waals surface area (Å²) < 4.78 is 5.00. The van der Waals surface area contributed by atoms with Crippen LogP contribution < -0.4 is 0 Å². The first kappa shape index (κ1) is 10.7. The van der Waals surface area contributed by atoms with Crippen molar-refractivity contribution in [2.75, 3.05) is 7.11 Å². The first-order chi connectivity index (χ1) is 6.58. The first-order valence-electron chi connectivity index (χ1n) is 4.41. The van der Waals surface area contributed by atoms with Gasteiger partial charge in [-0.15, -0.1) is 0 Å². The molecule has 3 nitrogen and oxygen atoms in total. The summed E-state index contributed by atoms with van der Waals surface area (Å²) in [5, 5.41) is 8.97. The molecule has 0 bridgehead atoms. The van der Waals surface area contributed by atoms with Gasteiger partial charge >= 0.3 is 5.97 Å². The number of benzene rings is 1. The number of ether oxygens (including phenoxy) is 1. The van der Waals surface area contributed by atoms with Gasteiger partial charge in [-0.05, 0) is 12.5 Å². The number of hydrogen-bond donors (Lipinski definition) is 1. The summed E-state index contributed by atoms with van der Waals surface area (Å²) in [6, 6.07) is 9.44. The molecule has 0 spiro atoms. The second-order valence-corrected chi connectivity index (χ2v) is 3.40.